The highest BCUT2D eigenvalue weighted by molar-refractivity contribution is 5.97. The number of ketones is 1. The normalized spacial score (nSPS) is 12.6. The summed E-state index contributed by atoms with van der Waals surface area (Å²) in [5.74, 6) is -0.744. The van der Waals surface area contributed by atoms with Gasteiger partial charge in [-0.3, -0.25) is 14.4 Å². The Bertz CT molecular complexity index is 1120. The number of esters is 1. The Morgan fingerprint density at radius 2 is 1.52 bits per heavy atom. The number of hydrogen-bond donors (Lipinski definition) is 1. The number of hydrogen-bond acceptors (Lipinski definition) is 5. The second kappa shape index (κ2) is 9.43. The first-order chi connectivity index (χ1) is 14.8. The summed E-state index contributed by atoms with van der Waals surface area (Å²) < 4.78 is 10.6. The molecule has 0 radical (unpaired) electrons. The minimum Gasteiger partial charge on any atom is -0.497 e. The van der Waals surface area contributed by atoms with E-state index in [4.69, 9.17) is 9.47 Å². The predicted octanol–water partition coefficient (Wildman–Crippen LogP) is 4.72. The molecular weight excluding hydrogens is 394 g/mol. The molecule has 0 bridgehead atoms. The minimum atomic E-state index is -0.966. The third-order valence-electron chi connectivity index (χ3n) is 5.15. The maximum Gasteiger partial charge on any atom is 0.313 e. The average Bonchev–Trinajstić information content (AvgIpc) is 2.77. The fraction of sp³-hybridized carbons (Fsp3) is 0.240. The van der Waals surface area contributed by atoms with E-state index in [1.807, 2.05) is 36.4 Å². The van der Waals surface area contributed by atoms with Crippen LogP contribution in [0.4, 0.5) is 5.69 Å². The van der Waals surface area contributed by atoms with Crippen LogP contribution >= 0.6 is 0 Å². The molecule has 1 N–H and O–H groups in total. The minimum absolute atomic E-state index is 0.0537. The van der Waals surface area contributed by atoms with E-state index in [1.54, 1.807) is 38.3 Å². The molecule has 0 aliphatic rings. The summed E-state index contributed by atoms with van der Waals surface area (Å²) in [6, 6.07) is 18.0. The molecule has 0 saturated heterocycles. The lowest BCUT2D eigenvalue weighted by molar-refractivity contribution is -0.154. The molecule has 3 aromatic carbocycles. The summed E-state index contributed by atoms with van der Waals surface area (Å²) in [6.07, 6.45) is -0.966. The lowest BCUT2D eigenvalue weighted by atomic mass is 9.98. The van der Waals surface area contributed by atoms with Crippen molar-refractivity contribution < 1.29 is 23.9 Å². The van der Waals surface area contributed by atoms with Crippen molar-refractivity contribution in [2.75, 3.05) is 12.4 Å². The fourth-order valence-corrected chi connectivity index (χ4v) is 3.14. The molecule has 3 rings (SSSR count). The van der Waals surface area contributed by atoms with Gasteiger partial charge in [0, 0.05) is 11.3 Å². The van der Waals surface area contributed by atoms with Gasteiger partial charge in [-0.25, -0.2) is 0 Å². The molecule has 0 aliphatic carbocycles. The van der Waals surface area contributed by atoms with Gasteiger partial charge in [0.15, 0.2) is 11.9 Å². The number of nitrogens with one attached hydrogen (secondary N) is 1. The molecule has 0 aromatic heterocycles. The van der Waals surface area contributed by atoms with Crippen LogP contribution in [0, 0.1) is 0 Å². The van der Waals surface area contributed by atoms with Crippen LogP contribution in [0.3, 0.4) is 0 Å². The smallest absolute Gasteiger partial charge is 0.313 e. The van der Waals surface area contributed by atoms with Crippen LogP contribution in [0.25, 0.3) is 10.8 Å². The summed E-state index contributed by atoms with van der Waals surface area (Å²) >= 11 is 0. The topological polar surface area (TPSA) is 81.7 Å². The number of carbonyl (C=O) groups is 3. The molecule has 160 valence electrons. The summed E-state index contributed by atoms with van der Waals surface area (Å²) in [5, 5.41) is 4.68. The Morgan fingerprint density at radius 1 is 0.871 bits per heavy atom. The van der Waals surface area contributed by atoms with Gasteiger partial charge in [-0.05, 0) is 73.5 Å². The number of benzene rings is 3. The van der Waals surface area contributed by atoms with Crippen molar-refractivity contribution in [2.24, 2.45) is 0 Å². The highest BCUT2D eigenvalue weighted by Crippen LogP contribution is 2.26. The van der Waals surface area contributed by atoms with E-state index in [0.29, 0.717) is 11.3 Å². The van der Waals surface area contributed by atoms with Gasteiger partial charge in [0.05, 0.1) is 13.0 Å². The Hall–Kier alpha value is -3.67. The van der Waals surface area contributed by atoms with Crippen LogP contribution in [-0.2, 0) is 14.3 Å². The molecule has 0 heterocycles. The third kappa shape index (κ3) is 5.28. The van der Waals surface area contributed by atoms with E-state index in [0.717, 1.165) is 22.1 Å². The van der Waals surface area contributed by atoms with Crippen LogP contribution in [0.15, 0.2) is 60.7 Å². The summed E-state index contributed by atoms with van der Waals surface area (Å²) in [6.45, 7) is 4.75. The van der Waals surface area contributed by atoms with E-state index >= 15 is 0 Å². The van der Waals surface area contributed by atoms with Crippen molar-refractivity contribution in [3.63, 3.8) is 0 Å². The fourth-order valence-electron chi connectivity index (χ4n) is 3.14. The summed E-state index contributed by atoms with van der Waals surface area (Å²) in [4.78, 5) is 36.3. The maximum atomic E-state index is 12.6. The van der Waals surface area contributed by atoms with Gasteiger partial charge in [0.25, 0.3) is 5.91 Å². The lowest BCUT2D eigenvalue weighted by Crippen LogP contribution is -2.31. The number of carbonyl (C=O) groups excluding carboxylic acids is 3. The Morgan fingerprint density at radius 3 is 2.16 bits per heavy atom. The van der Waals surface area contributed by atoms with E-state index in [2.05, 4.69) is 5.32 Å². The number of amides is 1. The molecule has 0 aliphatic heterocycles. The number of Topliss-reactive ketones (excluding diaryl/α,β-unsaturated/α-hetero) is 1. The second-order valence-electron chi connectivity index (χ2n) is 7.40. The zero-order chi connectivity index (χ0) is 22.5. The molecule has 0 saturated carbocycles. The van der Waals surface area contributed by atoms with Crippen LogP contribution in [0.1, 0.15) is 42.6 Å². The van der Waals surface area contributed by atoms with E-state index in [-0.39, 0.29) is 5.78 Å². The first-order valence-corrected chi connectivity index (χ1v) is 9.98. The van der Waals surface area contributed by atoms with Crippen LogP contribution in [0.2, 0.25) is 0 Å². The highest BCUT2D eigenvalue weighted by atomic mass is 16.5. The third-order valence-corrected chi connectivity index (χ3v) is 5.15. The zero-order valence-electron chi connectivity index (χ0n) is 18.0. The van der Waals surface area contributed by atoms with Gasteiger partial charge < -0.3 is 14.8 Å². The maximum absolute atomic E-state index is 12.6. The van der Waals surface area contributed by atoms with E-state index in [9.17, 15) is 14.4 Å². The summed E-state index contributed by atoms with van der Waals surface area (Å²) in [5.41, 5.74) is 1.88. The molecule has 6 nitrogen and oxygen atoms in total. The van der Waals surface area contributed by atoms with Gasteiger partial charge in [-0.15, -0.1) is 0 Å². The average molecular weight is 419 g/mol. The van der Waals surface area contributed by atoms with Crippen molar-refractivity contribution in [3.05, 3.63) is 71.8 Å². The van der Waals surface area contributed by atoms with E-state index < -0.39 is 23.9 Å². The van der Waals surface area contributed by atoms with Crippen LogP contribution < -0.4 is 10.1 Å². The highest BCUT2D eigenvalue weighted by Gasteiger charge is 2.23. The number of ether oxygens (including phenoxy) is 2. The standard InChI is InChI=1S/C25H25NO5/c1-15(19-5-6-21-14-23(30-4)12-9-20(21)13-19)25(29)31-17(3)24(28)26-22-10-7-18(8-11-22)16(2)27/h5-15,17H,1-4H3,(H,26,28)/t15-,17-/m0/s1. The van der Waals surface area contributed by atoms with Crippen molar-refractivity contribution in [1.29, 1.82) is 0 Å². The largest absolute Gasteiger partial charge is 0.497 e. The van der Waals surface area contributed by atoms with Crippen LogP contribution in [-0.4, -0.2) is 30.9 Å². The molecule has 0 spiro atoms. The van der Waals surface area contributed by atoms with Crippen molar-refractivity contribution in [1.82, 2.24) is 0 Å². The Balaban J connectivity index is 1.63. The monoisotopic (exact) mass is 419 g/mol. The predicted molar refractivity (Wildman–Crippen MR) is 120 cm³/mol. The molecule has 3 aromatic rings. The van der Waals surface area contributed by atoms with Gasteiger partial charge in [-0.1, -0.05) is 24.3 Å². The zero-order valence-corrected chi connectivity index (χ0v) is 18.0. The molecule has 0 unspecified atom stereocenters. The van der Waals surface area contributed by atoms with Crippen molar-refractivity contribution >= 4 is 34.1 Å². The van der Waals surface area contributed by atoms with Gasteiger partial charge in [0.2, 0.25) is 0 Å². The van der Waals surface area contributed by atoms with Gasteiger partial charge in [0.1, 0.15) is 5.75 Å². The molecule has 0 fully saturated rings. The van der Waals surface area contributed by atoms with Crippen molar-refractivity contribution in [2.45, 2.75) is 32.8 Å². The summed E-state index contributed by atoms with van der Waals surface area (Å²) in [7, 11) is 1.62. The number of rotatable bonds is 7. The van der Waals surface area contributed by atoms with Gasteiger partial charge >= 0.3 is 5.97 Å². The lowest BCUT2D eigenvalue weighted by Gasteiger charge is -2.17. The second-order valence-corrected chi connectivity index (χ2v) is 7.40. The molecule has 1 amide bonds. The first-order valence-electron chi connectivity index (χ1n) is 9.98. The molecule has 6 heteroatoms. The van der Waals surface area contributed by atoms with Crippen molar-refractivity contribution in [3.8, 4) is 5.75 Å². The van der Waals surface area contributed by atoms with Crippen LogP contribution in [0.5, 0.6) is 5.75 Å². The number of anilines is 1. The first kappa shape index (κ1) is 22.0. The number of fused-ring (bicyclic) bond motifs is 1. The Kier molecular flexibility index (Phi) is 6.70. The quantitative estimate of drug-likeness (QED) is 0.442. The number of methoxy groups -OCH3 is 1. The van der Waals surface area contributed by atoms with E-state index in [1.165, 1.54) is 13.8 Å². The Labute approximate surface area is 181 Å². The SMILES string of the molecule is COc1ccc2cc([C@H](C)C(=O)O[C@@H](C)C(=O)Nc3ccc(C(C)=O)cc3)ccc2c1. The molecule has 31 heavy (non-hydrogen) atoms. The molecular formula is C25H25NO5. The molecule has 2 atom stereocenters. The van der Waals surface area contributed by atoms with Gasteiger partial charge in [-0.2, -0.15) is 0 Å².